The molecule has 1 heterocycles. The maximum Gasteiger partial charge on any atom is 0.256 e. The summed E-state index contributed by atoms with van der Waals surface area (Å²) in [5.74, 6) is 7.56. The molecule has 2 rings (SSSR count). The molecule has 4 nitrogen and oxygen atoms in total. The molecule has 0 saturated carbocycles. The Bertz CT molecular complexity index is 450. The number of nitrogens with zero attached hydrogens (tertiary/aromatic N) is 1. The molecule has 1 fully saturated rings. The molecule has 0 bridgehead atoms. The number of amides is 1. The van der Waals surface area contributed by atoms with Crippen molar-refractivity contribution in [2.45, 2.75) is 19.9 Å². The van der Waals surface area contributed by atoms with Gasteiger partial charge in [0.2, 0.25) is 0 Å². The average molecular weight is 265 g/mol. The normalized spacial score (nSPS) is 19.7. The summed E-state index contributed by atoms with van der Waals surface area (Å²) in [6.07, 6.45) is 0. The second-order valence-corrected chi connectivity index (χ2v) is 5.77. The van der Waals surface area contributed by atoms with Gasteiger partial charge in [-0.05, 0) is 26.0 Å². The number of aryl methyl sites for hydroxylation is 1. The van der Waals surface area contributed by atoms with Gasteiger partial charge in [0.05, 0.1) is 11.3 Å². The van der Waals surface area contributed by atoms with Crippen molar-refractivity contribution in [2.75, 3.05) is 23.5 Å². The van der Waals surface area contributed by atoms with Crippen LogP contribution in [0.2, 0.25) is 0 Å². The molecule has 1 atom stereocenters. The van der Waals surface area contributed by atoms with Crippen LogP contribution in [0.4, 0.5) is 5.69 Å². The Hall–Kier alpha value is -1.20. The molecule has 1 unspecified atom stereocenters. The van der Waals surface area contributed by atoms with Crippen LogP contribution in [-0.2, 0) is 0 Å². The largest absolute Gasteiger partial charge is 0.334 e. The first-order valence-electron chi connectivity index (χ1n) is 6.09. The number of anilines is 1. The summed E-state index contributed by atoms with van der Waals surface area (Å²) >= 11 is 1.90. The van der Waals surface area contributed by atoms with Crippen LogP contribution in [0.1, 0.15) is 22.8 Å². The fourth-order valence-corrected chi connectivity index (χ4v) is 3.16. The Labute approximate surface area is 112 Å². The maximum absolute atomic E-state index is 12.6. The molecule has 0 spiro atoms. The summed E-state index contributed by atoms with van der Waals surface area (Å²) in [4.78, 5) is 14.5. The number of nitrogens with two attached hydrogens (primary N) is 1. The minimum absolute atomic E-state index is 0.0689. The number of nitrogen functional groups attached to an aromatic ring is 1. The van der Waals surface area contributed by atoms with Gasteiger partial charge in [0.25, 0.3) is 5.91 Å². The highest BCUT2D eigenvalue weighted by Crippen LogP contribution is 2.23. The van der Waals surface area contributed by atoms with E-state index in [9.17, 15) is 4.79 Å². The number of hydrogen-bond acceptors (Lipinski definition) is 4. The molecular weight excluding hydrogens is 246 g/mol. The van der Waals surface area contributed by atoms with Gasteiger partial charge in [-0.1, -0.05) is 11.6 Å². The van der Waals surface area contributed by atoms with E-state index in [1.54, 1.807) is 0 Å². The molecule has 0 radical (unpaired) electrons. The van der Waals surface area contributed by atoms with Crippen molar-refractivity contribution in [3.63, 3.8) is 0 Å². The summed E-state index contributed by atoms with van der Waals surface area (Å²) in [7, 11) is 0. The van der Waals surface area contributed by atoms with Crippen molar-refractivity contribution in [3.8, 4) is 0 Å². The van der Waals surface area contributed by atoms with Gasteiger partial charge in [0.15, 0.2) is 0 Å². The monoisotopic (exact) mass is 265 g/mol. The highest BCUT2D eigenvalue weighted by molar-refractivity contribution is 7.99. The average Bonchev–Trinajstić information content (AvgIpc) is 2.38. The minimum atomic E-state index is 0.0689. The van der Waals surface area contributed by atoms with E-state index in [0.717, 1.165) is 23.6 Å². The van der Waals surface area contributed by atoms with Crippen molar-refractivity contribution in [1.29, 1.82) is 0 Å². The second kappa shape index (κ2) is 5.63. The van der Waals surface area contributed by atoms with Gasteiger partial charge in [-0.25, -0.2) is 0 Å². The van der Waals surface area contributed by atoms with Crippen LogP contribution < -0.4 is 11.3 Å². The number of hydrogen-bond donors (Lipinski definition) is 2. The molecule has 1 aromatic carbocycles. The summed E-state index contributed by atoms with van der Waals surface area (Å²) < 4.78 is 0. The van der Waals surface area contributed by atoms with Gasteiger partial charge < -0.3 is 10.3 Å². The lowest BCUT2D eigenvalue weighted by Crippen LogP contribution is -2.44. The molecule has 18 heavy (non-hydrogen) atoms. The summed E-state index contributed by atoms with van der Waals surface area (Å²) in [6.45, 7) is 4.88. The number of carbonyl (C=O) groups excluding carboxylic acids is 1. The Morgan fingerprint density at radius 1 is 1.56 bits per heavy atom. The highest BCUT2D eigenvalue weighted by Gasteiger charge is 2.26. The zero-order chi connectivity index (χ0) is 13.1. The fourth-order valence-electron chi connectivity index (χ4n) is 2.14. The lowest BCUT2D eigenvalue weighted by atomic mass is 10.1. The molecule has 0 aromatic heterocycles. The third kappa shape index (κ3) is 2.62. The Kier molecular flexibility index (Phi) is 4.14. The molecular formula is C13H19N3OS. The molecule has 5 heteroatoms. The lowest BCUT2D eigenvalue weighted by molar-refractivity contribution is 0.0717. The van der Waals surface area contributed by atoms with E-state index in [-0.39, 0.29) is 11.9 Å². The molecule has 3 N–H and O–H groups in total. The Balaban J connectivity index is 2.29. The minimum Gasteiger partial charge on any atom is -0.334 e. The van der Waals surface area contributed by atoms with Crippen molar-refractivity contribution in [1.82, 2.24) is 4.90 Å². The van der Waals surface area contributed by atoms with Crippen LogP contribution in [0, 0.1) is 6.92 Å². The standard InChI is InChI=1S/C13H19N3OS/c1-9-3-4-12(15-14)11(7-9)13(17)16-5-6-18-8-10(16)2/h3-4,7,10,15H,5-6,8,14H2,1-2H3. The van der Waals surface area contributed by atoms with E-state index in [1.807, 2.05) is 41.8 Å². The molecule has 1 aromatic rings. The molecule has 1 amide bonds. The maximum atomic E-state index is 12.6. The van der Waals surface area contributed by atoms with Gasteiger partial charge in [-0.3, -0.25) is 10.6 Å². The van der Waals surface area contributed by atoms with Crippen molar-refractivity contribution in [2.24, 2.45) is 5.84 Å². The molecule has 98 valence electrons. The van der Waals surface area contributed by atoms with E-state index in [2.05, 4.69) is 12.3 Å². The third-order valence-electron chi connectivity index (χ3n) is 3.19. The molecule has 1 saturated heterocycles. The molecule has 0 aliphatic carbocycles. The van der Waals surface area contributed by atoms with Crippen LogP contribution in [0.15, 0.2) is 18.2 Å². The Morgan fingerprint density at radius 2 is 2.33 bits per heavy atom. The predicted molar refractivity (Wildman–Crippen MR) is 76.8 cm³/mol. The van der Waals surface area contributed by atoms with Crippen LogP contribution in [0.25, 0.3) is 0 Å². The van der Waals surface area contributed by atoms with E-state index in [4.69, 9.17) is 5.84 Å². The van der Waals surface area contributed by atoms with Gasteiger partial charge in [0.1, 0.15) is 0 Å². The van der Waals surface area contributed by atoms with E-state index < -0.39 is 0 Å². The van der Waals surface area contributed by atoms with Gasteiger partial charge in [0, 0.05) is 24.1 Å². The van der Waals surface area contributed by atoms with Crippen molar-refractivity contribution < 1.29 is 4.79 Å². The SMILES string of the molecule is Cc1ccc(NN)c(C(=O)N2CCSCC2C)c1. The first-order valence-corrected chi connectivity index (χ1v) is 7.25. The smallest absolute Gasteiger partial charge is 0.256 e. The summed E-state index contributed by atoms with van der Waals surface area (Å²) in [6, 6.07) is 5.97. The number of thioether (sulfide) groups is 1. The quantitative estimate of drug-likeness (QED) is 0.633. The van der Waals surface area contributed by atoms with Gasteiger partial charge in [-0.2, -0.15) is 11.8 Å². The number of benzene rings is 1. The predicted octanol–water partition coefficient (Wildman–Crippen LogP) is 1.86. The summed E-state index contributed by atoms with van der Waals surface area (Å²) in [5.41, 5.74) is 5.02. The number of carbonyl (C=O) groups is 1. The van der Waals surface area contributed by atoms with Crippen LogP contribution in [-0.4, -0.2) is 34.9 Å². The topological polar surface area (TPSA) is 58.4 Å². The highest BCUT2D eigenvalue weighted by atomic mass is 32.2. The van der Waals surface area contributed by atoms with Crippen LogP contribution in [0.3, 0.4) is 0 Å². The third-order valence-corrected chi connectivity index (χ3v) is 4.38. The number of nitrogens with one attached hydrogen (secondary N) is 1. The van der Waals surface area contributed by atoms with Crippen molar-refractivity contribution in [3.05, 3.63) is 29.3 Å². The van der Waals surface area contributed by atoms with E-state index in [1.165, 1.54) is 0 Å². The van der Waals surface area contributed by atoms with E-state index >= 15 is 0 Å². The summed E-state index contributed by atoms with van der Waals surface area (Å²) in [5, 5.41) is 0. The zero-order valence-electron chi connectivity index (χ0n) is 10.8. The first kappa shape index (κ1) is 13.2. The lowest BCUT2D eigenvalue weighted by Gasteiger charge is -2.33. The van der Waals surface area contributed by atoms with Gasteiger partial charge >= 0.3 is 0 Å². The molecule has 1 aliphatic heterocycles. The molecule has 1 aliphatic rings. The number of rotatable bonds is 2. The van der Waals surface area contributed by atoms with Crippen LogP contribution >= 0.6 is 11.8 Å². The van der Waals surface area contributed by atoms with Gasteiger partial charge in [-0.15, -0.1) is 0 Å². The van der Waals surface area contributed by atoms with E-state index in [0.29, 0.717) is 11.3 Å². The second-order valence-electron chi connectivity index (χ2n) is 4.62. The Morgan fingerprint density at radius 3 is 3.00 bits per heavy atom. The first-order chi connectivity index (χ1) is 8.63. The van der Waals surface area contributed by atoms with Crippen molar-refractivity contribution >= 4 is 23.4 Å². The fraction of sp³-hybridized carbons (Fsp3) is 0.462. The zero-order valence-corrected chi connectivity index (χ0v) is 11.6. The van der Waals surface area contributed by atoms with Crippen LogP contribution in [0.5, 0.6) is 0 Å². The number of hydrazine groups is 1.